The van der Waals surface area contributed by atoms with Crippen LogP contribution in [-0.2, 0) is 0 Å². The highest BCUT2D eigenvalue weighted by atomic mass is 32.1. The predicted molar refractivity (Wildman–Crippen MR) is 43.8 cm³/mol. The summed E-state index contributed by atoms with van der Waals surface area (Å²) in [5.74, 6) is 0. The van der Waals surface area contributed by atoms with Crippen LogP contribution in [0, 0.1) is 11.3 Å². The van der Waals surface area contributed by atoms with Crippen molar-refractivity contribution in [3.63, 3.8) is 0 Å². The molecule has 0 aliphatic rings. The van der Waals surface area contributed by atoms with Gasteiger partial charge in [0.1, 0.15) is 11.1 Å². The van der Waals surface area contributed by atoms with Gasteiger partial charge in [0, 0.05) is 6.54 Å². The van der Waals surface area contributed by atoms with Gasteiger partial charge in [0.25, 0.3) is 5.56 Å². The molecule has 0 amide bonds. The summed E-state index contributed by atoms with van der Waals surface area (Å²) in [6.07, 6.45) is 0. The van der Waals surface area contributed by atoms with Gasteiger partial charge in [-0.1, -0.05) is 0 Å². The van der Waals surface area contributed by atoms with Crippen LogP contribution in [0.5, 0.6) is 0 Å². The van der Waals surface area contributed by atoms with Gasteiger partial charge < -0.3 is 5.32 Å². The molecule has 0 saturated heterocycles. The molecule has 1 aromatic heterocycles. The van der Waals surface area contributed by atoms with Gasteiger partial charge in [-0.05, 0) is 18.5 Å². The Balaban J connectivity index is 3.08. The molecule has 0 aromatic carbocycles. The SMILES string of the molecule is CCNc1s[nH]c(=O)c1C#N. The van der Waals surface area contributed by atoms with Crippen LogP contribution in [0.1, 0.15) is 12.5 Å². The van der Waals surface area contributed by atoms with E-state index < -0.39 is 0 Å². The average Bonchev–Trinajstić information content (AvgIpc) is 2.33. The number of aromatic nitrogens is 1. The number of anilines is 1. The first-order valence-electron chi connectivity index (χ1n) is 3.15. The van der Waals surface area contributed by atoms with E-state index in [0.29, 0.717) is 11.5 Å². The molecule has 0 bridgehead atoms. The Bertz CT molecular complexity index is 332. The Hall–Kier alpha value is -1.28. The first-order valence-corrected chi connectivity index (χ1v) is 3.96. The van der Waals surface area contributed by atoms with Crippen LogP contribution in [0.15, 0.2) is 4.79 Å². The van der Waals surface area contributed by atoms with Crippen molar-refractivity contribution in [1.29, 1.82) is 5.26 Å². The van der Waals surface area contributed by atoms with E-state index in [-0.39, 0.29) is 11.1 Å². The Morgan fingerprint density at radius 2 is 2.55 bits per heavy atom. The summed E-state index contributed by atoms with van der Waals surface area (Å²) >= 11 is 1.15. The summed E-state index contributed by atoms with van der Waals surface area (Å²) in [4.78, 5) is 10.8. The molecule has 2 N–H and O–H groups in total. The molecule has 58 valence electrons. The number of hydrogen-bond acceptors (Lipinski definition) is 4. The zero-order valence-corrected chi connectivity index (χ0v) is 6.79. The quantitative estimate of drug-likeness (QED) is 0.686. The van der Waals surface area contributed by atoms with E-state index in [1.54, 1.807) is 0 Å². The lowest BCUT2D eigenvalue weighted by atomic mass is 10.4. The highest BCUT2D eigenvalue weighted by molar-refractivity contribution is 7.10. The number of rotatable bonds is 2. The zero-order valence-electron chi connectivity index (χ0n) is 5.97. The van der Waals surface area contributed by atoms with E-state index in [9.17, 15) is 4.79 Å². The van der Waals surface area contributed by atoms with Gasteiger partial charge in [-0.3, -0.25) is 9.17 Å². The van der Waals surface area contributed by atoms with Crippen LogP contribution in [-0.4, -0.2) is 10.9 Å². The lowest BCUT2D eigenvalue weighted by molar-refractivity contribution is 1.22. The van der Waals surface area contributed by atoms with Crippen molar-refractivity contribution in [2.24, 2.45) is 0 Å². The monoisotopic (exact) mass is 169 g/mol. The van der Waals surface area contributed by atoms with Crippen LogP contribution in [0.4, 0.5) is 5.00 Å². The summed E-state index contributed by atoms with van der Waals surface area (Å²) < 4.78 is 2.47. The molecule has 0 aliphatic heterocycles. The Kier molecular flexibility index (Phi) is 2.28. The largest absolute Gasteiger partial charge is 0.375 e. The van der Waals surface area contributed by atoms with Crippen LogP contribution >= 0.6 is 11.5 Å². The van der Waals surface area contributed by atoms with Crippen LogP contribution in [0.2, 0.25) is 0 Å². The smallest absolute Gasteiger partial charge is 0.278 e. The van der Waals surface area contributed by atoms with E-state index in [0.717, 1.165) is 11.5 Å². The van der Waals surface area contributed by atoms with Gasteiger partial charge in [0.05, 0.1) is 0 Å². The topological polar surface area (TPSA) is 68.7 Å². The fourth-order valence-electron chi connectivity index (χ4n) is 0.689. The molecule has 5 heteroatoms. The standard InChI is InChI=1S/C6H7N3OS/c1-2-8-6-4(3-7)5(10)9-11-6/h8H,2H2,1H3,(H,9,10). The third kappa shape index (κ3) is 1.41. The molecule has 1 heterocycles. The Morgan fingerprint density at radius 3 is 3.09 bits per heavy atom. The molecular weight excluding hydrogens is 162 g/mol. The maximum absolute atomic E-state index is 10.8. The van der Waals surface area contributed by atoms with E-state index in [4.69, 9.17) is 5.26 Å². The average molecular weight is 169 g/mol. The molecule has 0 radical (unpaired) electrons. The highest BCUT2D eigenvalue weighted by Crippen LogP contribution is 2.14. The van der Waals surface area contributed by atoms with Crippen LogP contribution < -0.4 is 10.9 Å². The van der Waals surface area contributed by atoms with Crippen molar-refractivity contribution in [3.8, 4) is 6.07 Å². The molecule has 0 spiro atoms. The minimum atomic E-state index is -0.312. The maximum atomic E-state index is 10.8. The lowest BCUT2D eigenvalue weighted by Crippen LogP contribution is -2.04. The second kappa shape index (κ2) is 3.21. The summed E-state index contributed by atoms with van der Waals surface area (Å²) in [5, 5.41) is 12.0. The first-order chi connectivity index (χ1) is 5.29. The number of nitriles is 1. The second-order valence-electron chi connectivity index (χ2n) is 1.88. The van der Waals surface area contributed by atoms with E-state index in [2.05, 4.69) is 9.69 Å². The minimum absolute atomic E-state index is 0.178. The zero-order chi connectivity index (χ0) is 8.27. The molecule has 0 unspecified atom stereocenters. The summed E-state index contributed by atoms with van der Waals surface area (Å²) in [6.45, 7) is 2.62. The van der Waals surface area contributed by atoms with E-state index >= 15 is 0 Å². The molecule has 0 fully saturated rings. The number of aromatic amines is 1. The number of nitrogens with one attached hydrogen (secondary N) is 2. The Morgan fingerprint density at radius 1 is 1.82 bits per heavy atom. The van der Waals surface area contributed by atoms with E-state index in [1.807, 2.05) is 13.0 Å². The third-order valence-electron chi connectivity index (χ3n) is 1.15. The lowest BCUT2D eigenvalue weighted by Gasteiger charge is -1.94. The number of nitrogens with zero attached hydrogens (tertiary/aromatic N) is 1. The minimum Gasteiger partial charge on any atom is -0.375 e. The molecule has 0 saturated carbocycles. The maximum Gasteiger partial charge on any atom is 0.278 e. The number of hydrogen-bond donors (Lipinski definition) is 2. The van der Waals surface area contributed by atoms with Gasteiger partial charge in [0.15, 0.2) is 5.56 Å². The first kappa shape index (κ1) is 7.82. The van der Waals surface area contributed by atoms with Gasteiger partial charge in [0.2, 0.25) is 0 Å². The fourth-order valence-corrected chi connectivity index (χ4v) is 1.44. The van der Waals surface area contributed by atoms with Gasteiger partial charge in [-0.2, -0.15) is 5.26 Å². The summed E-state index contributed by atoms with van der Waals surface area (Å²) in [5.41, 5.74) is -0.134. The van der Waals surface area contributed by atoms with Crippen molar-refractivity contribution in [1.82, 2.24) is 4.37 Å². The van der Waals surface area contributed by atoms with Crippen molar-refractivity contribution in [2.45, 2.75) is 6.92 Å². The third-order valence-corrected chi connectivity index (χ3v) is 1.99. The summed E-state index contributed by atoms with van der Waals surface area (Å²) in [6, 6.07) is 1.83. The van der Waals surface area contributed by atoms with Crippen molar-refractivity contribution in [2.75, 3.05) is 11.9 Å². The highest BCUT2D eigenvalue weighted by Gasteiger charge is 2.07. The van der Waals surface area contributed by atoms with Gasteiger partial charge in [-0.15, -0.1) is 0 Å². The second-order valence-corrected chi connectivity index (χ2v) is 2.70. The van der Waals surface area contributed by atoms with Crippen molar-refractivity contribution >= 4 is 16.5 Å². The van der Waals surface area contributed by atoms with E-state index in [1.165, 1.54) is 0 Å². The normalized spacial score (nSPS) is 9.09. The van der Waals surface area contributed by atoms with Crippen molar-refractivity contribution < 1.29 is 0 Å². The van der Waals surface area contributed by atoms with Crippen molar-refractivity contribution in [3.05, 3.63) is 15.9 Å². The van der Waals surface area contributed by atoms with Gasteiger partial charge in [-0.25, -0.2) is 0 Å². The molecule has 0 aliphatic carbocycles. The molecule has 11 heavy (non-hydrogen) atoms. The summed E-state index contributed by atoms with van der Waals surface area (Å²) in [7, 11) is 0. The molecule has 1 aromatic rings. The number of H-pyrrole nitrogens is 1. The van der Waals surface area contributed by atoms with Crippen LogP contribution in [0.3, 0.4) is 0 Å². The molecule has 1 rings (SSSR count). The molecule has 0 atom stereocenters. The Labute approximate surface area is 67.6 Å². The molecular formula is C6H7N3OS. The van der Waals surface area contributed by atoms with Crippen LogP contribution in [0.25, 0.3) is 0 Å². The fraction of sp³-hybridized carbons (Fsp3) is 0.333. The van der Waals surface area contributed by atoms with Gasteiger partial charge >= 0.3 is 0 Å². The molecule has 4 nitrogen and oxygen atoms in total. The predicted octanol–water partition coefficient (Wildman–Crippen LogP) is 0.740.